The number of carbonyl (C=O) groups excluding carboxylic acids is 2. The van der Waals surface area contributed by atoms with Gasteiger partial charge in [-0.2, -0.15) is 0 Å². The smallest absolute Gasteiger partial charge is 0.316 e. The van der Waals surface area contributed by atoms with Crippen molar-refractivity contribution in [3.63, 3.8) is 0 Å². The van der Waals surface area contributed by atoms with Gasteiger partial charge in [0.1, 0.15) is 5.75 Å². The van der Waals surface area contributed by atoms with Gasteiger partial charge in [-0.15, -0.1) is 0 Å². The average Bonchev–Trinajstić information content (AvgIpc) is 1.83. The van der Waals surface area contributed by atoms with Crippen molar-refractivity contribution in [3.05, 3.63) is 0 Å². The molecule has 0 heterocycles. The molecule has 0 aliphatic rings. The fraction of sp³-hybridized carbons (Fsp3) is 0.500. The molecule has 0 aliphatic carbocycles. The Bertz CT molecular complexity index is 125. The third-order valence-corrected chi connectivity index (χ3v) is 1.22. The lowest BCUT2D eigenvalue weighted by Gasteiger charge is -1.93. The summed E-state index contributed by atoms with van der Waals surface area (Å²) in [4.78, 5) is 20.3. The van der Waals surface area contributed by atoms with Crippen LogP contribution in [0.25, 0.3) is 0 Å². The summed E-state index contributed by atoms with van der Waals surface area (Å²) < 4.78 is 4.23. The molecule has 5 heteroatoms. The number of carbonyl (C=O) groups is 2. The van der Waals surface area contributed by atoms with E-state index in [0.29, 0.717) is 0 Å². The van der Waals surface area contributed by atoms with Crippen molar-refractivity contribution in [2.24, 2.45) is 5.73 Å². The molecule has 0 saturated heterocycles. The van der Waals surface area contributed by atoms with Gasteiger partial charge in [0.05, 0.1) is 7.11 Å². The van der Waals surface area contributed by atoms with Crippen molar-refractivity contribution >= 4 is 23.0 Å². The van der Waals surface area contributed by atoms with Crippen molar-refractivity contribution in [3.8, 4) is 0 Å². The van der Waals surface area contributed by atoms with Gasteiger partial charge in [0.2, 0.25) is 0 Å². The van der Waals surface area contributed by atoms with Crippen molar-refractivity contribution < 1.29 is 14.3 Å². The number of hydrogen-bond acceptors (Lipinski definition) is 4. The van der Waals surface area contributed by atoms with Crippen LogP contribution in [0.15, 0.2) is 0 Å². The van der Waals surface area contributed by atoms with Crippen LogP contribution in [0.4, 0.5) is 4.79 Å². The minimum atomic E-state index is -0.569. The summed E-state index contributed by atoms with van der Waals surface area (Å²) in [5.74, 6) is -0.454. The predicted molar refractivity (Wildman–Crippen MR) is 34.1 cm³/mol. The highest BCUT2D eigenvalue weighted by atomic mass is 32.2. The van der Waals surface area contributed by atoms with Gasteiger partial charge in [0, 0.05) is 0 Å². The van der Waals surface area contributed by atoms with Gasteiger partial charge in [-0.25, -0.2) is 0 Å². The molecular formula is C4H7NO3S. The van der Waals surface area contributed by atoms with Gasteiger partial charge in [0.25, 0.3) is 5.24 Å². The minimum absolute atomic E-state index is 0.00810. The minimum Gasteiger partial charge on any atom is -0.468 e. The van der Waals surface area contributed by atoms with E-state index in [1.54, 1.807) is 0 Å². The summed E-state index contributed by atoms with van der Waals surface area (Å²) in [5, 5.41) is -0.569. The molecule has 1 amide bonds. The first kappa shape index (κ1) is 8.29. The number of ether oxygens (including phenoxy) is 1. The summed E-state index contributed by atoms with van der Waals surface area (Å²) >= 11 is 0.728. The quantitative estimate of drug-likeness (QED) is 0.560. The number of methoxy groups -OCH3 is 1. The highest BCUT2D eigenvalue weighted by Crippen LogP contribution is 1.97. The molecule has 0 atom stereocenters. The maximum atomic E-state index is 10.3. The molecule has 0 rings (SSSR count). The van der Waals surface area contributed by atoms with Crippen LogP contribution in [0, 0.1) is 0 Å². The Morgan fingerprint density at radius 2 is 2.22 bits per heavy atom. The third-order valence-electron chi connectivity index (χ3n) is 0.560. The Morgan fingerprint density at radius 1 is 1.67 bits per heavy atom. The Hall–Kier alpha value is -0.710. The highest BCUT2D eigenvalue weighted by molar-refractivity contribution is 8.14. The number of amides is 1. The van der Waals surface area contributed by atoms with E-state index in [2.05, 4.69) is 4.74 Å². The standard InChI is InChI=1S/C4H7NO3S/c1-8-3(6)2-9-4(5)7/h2H2,1H3,(H2,5,7). The van der Waals surface area contributed by atoms with E-state index in [9.17, 15) is 9.59 Å². The summed E-state index contributed by atoms with van der Waals surface area (Å²) in [7, 11) is 1.25. The predicted octanol–water partition coefficient (Wildman–Crippen LogP) is -0.0287. The van der Waals surface area contributed by atoms with E-state index >= 15 is 0 Å². The molecule has 4 nitrogen and oxygen atoms in total. The first-order chi connectivity index (χ1) is 4.16. The molecule has 0 saturated carbocycles. The van der Waals surface area contributed by atoms with Crippen LogP contribution in [0.3, 0.4) is 0 Å². The number of thioether (sulfide) groups is 1. The van der Waals surface area contributed by atoms with Crippen LogP contribution in [-0.2, 0) is 9.53 Å². The zero-order valence-electron chi connectivity index (χ0n) is 4.92. The molecule has 2 N–H and O–H groups in total. The van der Waals surface area contributed by atoms with Gasteiger partial charge >= 0.3 is 5.97 Å². The normalized spacial score (nSPS) is 8.56. The summed E-state index contributed by atoms with van der Waals surface area (Å²) in [6, 6.07) is 0. The number of hydrogen-bond donors (Lipinski definition) is 1. The van der Waals surface area contributed by atoms with Crippen LogP contribution in [0.1, 0.15) is 0 Å². The molecule has 0 aromatic carbocycles. The van der Waals surface area contributed by atoms with Crippen LogP contribution in [-0.4, -0.2) is 24.1 Å². The topological polar surface area (TPSA) is 69.4 Å². The van der Waals surface area contributed by atoms with E-state index in [4.69, 9.17) is 5.73 Å². The van der Waals surface area contributed by atoms with Crippen LogP contribution in [0.5, 0.6) is 0 Å². The Kier molecular flexibility index (Phi) is 3.87. The number of esters is 1. The van der Waals surface area contributed by atoms with Gasteiger partial charge in [-0.3, -0.25) is 9.59 Å². The molecule has 0 bridgehead atoms. The van der Waals surface area contributed by atoms with E-state index in [-0.39, 0.29) is 5.75 Å². The molecule has 9 heavy (non-hydrogen) atoms. The fourth-order valence-corrected chi connectivity index (χ4v) is 0.567. The average molecular weight is 149 g/mol. The monoisotopic (exact) mass is 149 g/mol. The number of rotatable bonds is 2. The zero-order chi connectivity index (χ0) is 7.28. The van der Waals surface area contributed by atoms with Gasteiger partial charge in [0.15, 0.2) is 0 Å². The lowest BCUT2D eigenvalue weighted by atomic mass is 10.8. The molecule has 0 spiro atoms. The van der Waals surface area contributed by atoms with Crippen molar-refractivity contribution in [2.75, 3.05) is 12.9 Å². The van der Waals surface area contributed by atoms with Crippen molar-refractivity contribution in [1.82, 2.24) is 0 Å². The largest absolute Gasteiger partial charge is 0.468 e. The van der Waals surface area contributed by atoms with Crippen LogP contribution >= 0.6 is 11.8 Å². The van der Waals surface area contributed by atoms with E-state index in [1.807, 2.05) is 0 Å². The Labute approximate surface area is 56.7 Å². The molecule has 0 radical (unpaired) electrons. The van der Waals surface area contributed by atoms with Crippen LogP contribution < -0.4 is 5.73 Å². The second-order valence-corrected chi connectivity index (χ2v) is 2.16. The summed E-state index contributed by atoms with van der Waals surface area (Å²) in [5.41, 5.74) is 4.71. The lowest BCUT2D eigenvalue weighted by Crippen LogP contribution is -2.09. The van der Waals surface area contributed by atoms with E-state index < -0.39 is 11.2 Å². The van der Waals surface area contributed by atoms with Crippen LogP contribution in [0.2, 0.25) is 0 Å². The van der Waals surface area contributed by atoms with E-state index in [0.717, 1.165) is 11.8 Å². The van der Waals surface area contributed by atoms with Gasteiger partial charge in [-0.1, -0.05) is 11.8 Å². The van der Waals surface area contributed by atoms with Gasteiger partial charge in [-0.05, 0) is 0 Å². The molecule has 52 valence electrons. The van der Waals surface area contributed by atoms with Gasteiger partial charge < -0.3 is 10.5 Å². The first-order valence-corrected chi connectivity index (χ1v) is 3.14. The van der Waals surface area contributed by atoms with E-state index in [1.165, 1.54) is 7.11 Å². The highest BCUT2D eigenvalue weighted by Gasteiger charge is 2.01. The van der Waals surface area contributed by atoms with Crippen molar-refractivity contribution in [1.29, 1.82) is 0 Å². The maximum Gasteiger partial charge on any atom is 0.316 e. The third kappa shape index (κ3) is 5.16. The second-order valence-electron chi connectivity index (χ2n) is 1.18. The lowest BCUT2D eigenvalue weighted by molar-refractivity contribution is -0.137. The molecule has 0 aromatic rings. The Morgan fingerprint density at radius 3 is 2.56 bits per heavy atom. The molecule has 0 unspecified atom stereocenters. The molecule has 0 aliphatic heterocycles. The molecule has 0 fully saturated rings. The molecular weight excluding hydrogens is 142 g/mol. The SMILES string of the molecule is COC(=O)CSC(N)=O. The second kappa shape index (κ2) is 4.20. The Balaban J connectivity index is 3.28. The fourth-order valence-electron chi connectivity index (χ4n) is 0.189. The van der Waals surface area contributed by atoms with Crippen molar-refractivity contribution in [2.45, 2.75) is 0 Å². The molecule has 0 aromatic heterocycles. The zero-order valence-corrected chi connectivity index (χ0v) is 5.73. The maximum absolute atomic E-state index is 10.3. The summed E-state index contributed by atoms with van der Waals surface area (Å²) in [6.45, 7) is 0. The number of nitrogens with two attached hydrogens (primary N) is 1. The number of primary amides is 1. The summed E-state index contributed by atoms with van der Waals surface area (Å²) in [6.07, 6.45) is 0. The first-order valence-electron chi connectivity index (χ1n) is 2.16.